The van der Waals surface area contributed by atoms with Gasteiger partial charge < -0.3 is 15.8 Å². The SMILES string of the molecule is NC(=O)OCCCNc1ncc(Br)cn1. The number of hydrogen-bond acceptors (Lipinski definition) is 5. The predicted octanol–water partition coefficient (Wildman–Crippen LogP) is 1.14. The van der Waals surface area contributed by atoms with Gasteiger partial charge in [0.25, 0.3) is 0 Å². The fourth-order valence-corrected chi connectivity index (χ4v) is 1.05. The summed E-state index contributed by atoms with van der Waals surface area (Å²) in [5.41, 5.74) is 4.79. The Bertz CT molecular complexity index is 317. The predicted molar refractivity (Wildman–Crippen MR) is 58.4 cm³/mol. The molecule has 0 fully saturated rings. The van der Waals surface area contributed by atoms with Crippen molar-refractivity contribution in [2.24, 2.45) is 5.73 Å². The van der Waals surface area contributed by atoms with Crippen molar-refractivity contribution < 1.29 is 9.53 Å². The van der Waals surface area contributed by atoms with E-state index in [1.807, 2.05) is 0 Å². The lowest BCUT2D eigenvalue weighted by Crippen LogP contribution is -2.15. The Hall–Kier alpha value is -1.37. The van der Waals surface area contributed by atoms with E-state index in [-0.39, 0.29) is 0 Å². The van der Waals surface area contributed by atoms with Gasteiger partial charge in [-0.25, -0.2) is 14.8 Å². The first-order valence-electron chi connectivity index (χ1n) is 4.32. The molecule has 6 nitrogen and oxygen atoms in total. The summed E-state index contributed by atoms with van der Waals surface area (Å²) in [6.45, 7) is 0.910. The van der Waals surface area contributed by atoms with E-state index in [1.165, 1.54) is 0 Å². The molecular weight excluding hydrogens is 264 g/mol. The lowest BCUT2D eigenvalue weighted by atomic mass is 10.4. The first kappa shape index (κ1) is 11.7. The molecule has 7 heteroatoms. The number of nitrogens with one attached hydrogen (secondary N) is 1. The van der Waals surface area contributed by atoms with Gasteiger partial charge in [0.05, 0.1) is 11.1 Å². The van der Waals surface area contributed by atoms with Crippen LogP contribution in [-0.4, -0.2) is 29.2 Å². The summed E-state index contributed by atoms with van der Waals surface area (Å²) in [6, 6.07) is 0. The van der Waals surface area contributed by atoms with Crippen molar-refractivity contribution in [3.8, 4) is 0 Å². The third-order valence-corrected chi connectivity index (χ3v) is 1.88. The molecule has 0 aliphatic heterocycles. The van der Waals surface area contributed by atoms with E-state index in [9.17, 15) is 4.79 Å². The van der Waals surface area contributed by atoms with E-state index in [1.54, 1.807) is 12.4 Å². The molecule has 0 atom stereocenters. The third-order valence-electron chi connectivity index (χ3n) is 1.47. The summed E-state index contributed by atoms with van der Waals surface area (Å²) in [7, 11) is 0. The molecule has 3 N–H and O–H groups in total. The van der Waals surface area contributed by atoms with Crippen molar-refractivity contribution in [1.29, 1.82) is 0 Å². The van der Waals surface area contributed by atoms with Crippen LogP contribution >= 0.6 is 15.9 Å². The van der Waals surface area contributed by atoms with Crippen LogP contribution in [-0.2, 0) is 4.74 Å². The van der Waals surface area contributed by atoms with E-state index < -0.39 is 6.09 Å². The molecule has 0 saturated heterocycles. The number of halogens is 1. The van der Waals surface area contributed by atoms with Crippen LogP contribution in [0.3, 0.4) is 0 Å². The number of aromatic nitrogens is 2. The molecule has 0 radical (unpaired) electrons. The minimum Gasteiger partial charge on any atom is -0.450 e. The highest BCUT2D eigenvalue weighted by molar-refractivity contribution is 9.10. The number of anilines is 1. The second kappa shape index (κ2) is 6.18. The van der Waals surface area contributed by atoms with Gasteiger partial charge in [0.15, 0.2) is 0 Å². The van der Waals surface area contributed by atoms with E-state index in [0.717, 1.165) is 4.47 Å². The topological polar surface area (TPSA) is 90.1 Å². The maximum Gasteiger partial charge on any atom is 0.404 e. The molecule has 1 rings (SSSR count). The Morgan fingerprint density at radius 1 is 1.53 bits per heavy atom. The molecular formula is C8H11BrN4O2. The van der Waals surface area contributed by atoms with Gasteiger partial charge in [0.1, 0.15) is 0 Å². The number of nitrogens with two attached hydrogens (primary N) is 1. The number of nitrogens with zero attached hydrogens (tertiary/aromatic N) is 2. The number of carbonyl (C=O) groups is 1. The minimum absolute atomic E-state index is 0.291. The van der Waals surface area contributed by atoms with Crippen LogP contribution in [0.1, 0.15) is 6.42 Å². The van der Waals surface area contributed by atoms with Gasteiger partial charge in [0.2, 0.25) is 5.95 Å². The maximum atomic E-state index is 10.2. The Kier molecular flexibility index (Phi) is 4.82. The zero-order valence-corrected chi connectivity index (χ0v) is 9.53. The van der Waals surface area contributed by atoms with E-state index >= 15 is 0 Å². The number of carbonyl (C=O) groups excluding carboxylic acids is 1. The number of rotatable bonds is 5. The van der Waals surface area contributed by atoms with Crippen LogP contribution in [0.2, 0.25) is 0 Å². The monoisotopic (exact) mass is 274 g/mol. The summed E-state index contributed by atoms with van der Waals surface area (Å²) in [4.78, 5) is 18.2. The van der Waals surface area contributed by atoms with Gasteiger partial charge in [-0.15, -0.1) is 0 Å². The fourth-order valence-electron chi connectivity index (χ4n) is 0.849. The fraction of sp³-hybridized carbons (Fsp3) is 0.375. The van der Waals surface area contributed by atoms with Gasteiger partial charge in [-0.3, -0.25) is 0 Å². The molecule has 0 unspecified atom stereocenters. The first-order chi connectivity index (χ1) is 7.18. The highest BCUT2D eigenvalue weighted by Crippen LogP contribution is 2.06. The van der Waals surface area contributed by atoms with E-state index in [2.05, 4.69) is 36.0 Å². The first-order valence-corrected chi connectivity index (χ1v) is 5.11. The second-order valence-corrected chi connectivity index (χ2v) is 3.59. The van der Waals surface area contributed by atoms with Crippen molar-refractivity contribution in [3.05, 3.63) is 16.9 Å². The van der Waals surface area contributed by atoms with Crippen LogP contribution in [0.15, 0.2) is 16.9 Å². The van der Waals surface area contributed by atoms with Gasteiger partial charge in [-0.2, -0.15) is 0 Å². The molecule has 15 heavy (non-hydrogen) atoms. The van der Waals surface area contributed by atoms with Gasteiger partial charge in [-0.05, 0) is 22.4 Å². The Labute approximate surface area is 95.4 Å². The van der Waals surface area contributed by atoms with Gasteiger partial charge in [-0.1, -0.05) is 0 Å². The summed E-state index contributed by atoms with van der Waals surface area (Å²) in [5.74, 6) is 0.539. The average Bonchev–Trinajstić information content (AvgIpc) is 2.20. The lowest BCUT2D eigenvalue weighted by Gasteiger charge is -2.04. The van der Waals surface area contributed by atoms with Crippen molar-refractivity contribution >= 4 is 28.0 Å². The van der Waals surface area contributed by atoms with Crippen molar-refractivity contribution in [1.82, 2.24) is 9.97 Å². The average molecular weight is 275 g/mol. The molecule has 1 heterocycles. The Morgan fingerprint density at radius 3 is 2.80 bits per heavy atom. The number of ether oxygens (including phenoxy) is 1. The maximum absolute atomic E-state index is 10.2. The number of primary amides is 1. The molecule has 0 aromatic carbocycles. The molecule has 0 bridgehead atoms. The zero-order valence-electron chi connectivity index (χ0n) is 7.94. The van der Waals surface area contributed by atoms with Crippen LogP contribution in [0.25, 0.3) is 0 Å². The largest absolute Gasteiger partial charge is 0.450 e. The quantitative estimate of drug-likeness (QED) is 0.786. The molecule has 1 aromatic heterocycles. The Morgan fingerprint density at radius 2 is 2.20 bits per heavy atom. The summed E-state index contributed by atoms with van der Waals surface area (Å²) in [5, 5.41) is 2.97. The molecule has 1 amide bonds. The standard InChI is InChI=1S/C8H11BrN4O2/c9-6-4-12-8(13-5-6)11-2-1-3-15-7(10)14/h4-5H,1-3H2,(H2,10,14)(H,11,12,13). The molecule has 0 aliphatic rings. The Balaban J connectivity index is 2.15. The van der Waals surface area contributed by atoms with E-state index in [0.29, 0.717) is 25.5 Å². The normalized spacial score (nSPS) is 9.67. The van der Waals surface area contributed by atoms with Crippen LogP contribution in [0.5, 0.6) is 0 Å². The van der Waals surface area contributed by atoms with Crippen LogP contribution < -0.4 is 11.1 Å². The lowest BCUT2D eigenvalue weighted by molar-refractivity contribution is 0.156. The number of hydrogen-bond donors (Lipinski definition) is 2. The molecule has 1 aromatic rings. The highest BCUT2D eigenvalue weighted by atomic mass is 79.9. The second-order valence-electron chi connectivity index (χ2n) is 2.67. The minimum atomic E-state index is -0.755. The molecule has 0 spiro atoms. The van der Waals surface area contributed by atoms with Gasteiger partial charge in [0, 0.05) is 18.9 Å². The van der Waals surface area contributed by atoms with Crippen molar-refractivity contribution in [2.75, 3.05) is 18.5 Å². The summed E-state index contributed by atoms with van der Waals surface area (Å²) < 4.78 is 5.37. The van der Waals surface area contributed by atoms with Crippen LogP contribution in [0, 0.1) is 0 Å². The van der Waals surface area contributed by atoms with Crippen molar-refractivity contribution in [2.45, 2.75) is 6.42 Å². The third kappa shape index (κ3) is 5.16. The molecule has 0 saturated carbocycles. The van der Waals surface area contributed by atoms with Crippen molar-refractivity contribution in [3.63, 3.8) is 0 Å². The summed E-state index contributed by atoms with van der Waals surface area (Å²) in [6.07, 6.45) is 3.20. The van der Waals surface area contributed by atoms with E-state index in [4.69, 9.17) is 5.73 Å². The highest BCUT2D eigenvalue weighted by Gasteiger charge is 1.96. The smallest absolute Gasteiger partial charge is 0.404 e. The number of amides is 1. The van der Waals surface area contributed by atoms with Gasteiger partial charge >= 0.3 is 6.09 Å². The summed E-state index contributed by atoms with van der Waals surface area (Å²) >= 11 is 3.23. The van der Waals surface area contributed by atoms with Crippen LogP contribution in [0.4, 0.5) is 10.7 Å². The molecule has 0 aliphatic carbocycles. The zero-order chi connectivity index (χ0) is 11.1. The molecule has 82 valence electrons.